The van der Waals surface area contributed by atoms with Crippen LogP contribution in [0.3, 0.4) is 0 Å². The van der Waals surface area contributed by atoms with Crippen LogP contribution in [0.2, 0.25) is 5.02 Å². The van der Waals surface area contributed by atoms with Crippen molar-refractivity contribution in [2.24, 2.45) is 4.99 Å². The van der Waals surface area contributed by atoms with Gasteiger partial charge in [-0.15, -0.1) is 0 Å². The predicted molar refractivity (Wildman–Crippen MR) is 148 cm³/mol. The number of halogens is 1. The maximum atomic E-state index is 14.3. The van der Waals surface area contributed by atoms with Crippen LogP contribution in [0.4, 0.5) is 16.2 Å². The van der Waals surface area contributed by atoms with Crippen molar-refractivity contribution in [3.8, 4) is 17.2 Å². The predicted octanol–water partition coefficient (Wildman–Crippen LogP) is 5.58. The van der Waals surface area contributed by atoms with Gasteiger partial charge in [-0.25, -0.2) is 4.79 Å². The van der Waals surface area contributed by atoms with Gasteiger partial charge >= 0.3 is 6.03 Å². The third-order valence-corrected chi connectivity index (χ3v) is 7.30. The Morgan fingerprint density at radius 1 is 0.974 bits per heavy atom. The minimum absolute atomic E-state index is 0.141. The molecule has 3 aromatic rings. The van der Waals surface area contributed by atoms with Gasteiger partial charge in [-0.1, -0.05) is 35.9 Å². The van der Waals surface area contributed by atoms with Gasteiger partial charge in [-0.3, -0.25) is 19.6 Å². The maximum absolute atomic E-state index is 14.3. The van der Waals surface area contributed by atoms with Crippen LogP contribution in [0.1, 0.15) is 42.6 Å². The lowest BCUT2D eigenvalue weighted by molar-refractivity contribution is -0.115. The average molecular weight is 547 g/mol. The summed E-state index contributed by atoms with van der Waals surface area (Å²) in [4.78, 5) is 35.3. The molecule has 39 heavy (non-hydrogen) atoms. The van der Waals surface area contributed by atoms with E-state index in [0.717, 1.165) is 16.9 Å². The molecule has 3 aliphatic heterocycles. The van der Waals surface area contributed by atoms with E-state index in [0.29, 0.717) is 39.3 Å². The third-order valence-electron chi connectivity index (χ3n) is 7.04. The van der Waals surface area contributed by atoms with Crippen molar-refractivity contribution in [3.05, 3.63) is 76.3 Å². The van der Waals surface area contributed by atoms with Crippen LogP contribution in [0, 0.1) is 0 Å². The van der Waals surface area contributed by atoms with Gasteiger partial charge in [0.15, 0.2) is 0 Å². The van der Waals surface area contributed by atoms with E-state index in [1.54, 1.807) is 30.2 Å². The van der Waals surface area contributed by atoms with E-state index in [1.807, 2.05) is 50.2 Å². The second-order valence-electron chi connectivity index (χ2n) is 9.80. The number of rotatable bonds is 6. The number of anilines is 2. The Hall–Kier alpha value is -4.24. The maximum Gasteiger partial charge on any atom is 0.331 e. The Labute approximate surface area is 230 Å². The number of amidine groups is 1. The summed E-state index contributed by atoms with van der Waals surface area (Å²) < 4.78 is 17.2. The summed E-state index contributed by atoms with van der Waals surface area (Å²) in [6.07, 6.45) is -0.159. The van der Waals surface area contributed by atoms with E-state index >= 15 is 0 Å². The molecular weight excluding hydrogens is 520 g/mol. The minimum Gasteiger partial charge on any atom is -0.497 e. The van der Waals surface area contributed by atoms with Gasteiger partial charge < -0.3 is 19.5 Å². The monoisotopic (exact) mass is 546 g/mol. The number of ether oxygens (including phenoxy) is 3. The number of benzene rings is 3. The molecule has 10 heteroatoms. The van der Waals surface area contributed by atoms with Gasteiger partial charge in [0.05, 0.1) is 37.6 Å². The van der Waals surface area contributed by atoms with Crippen molar-refractivity contribution in [2.45, 2.75) is 32.0 Å². The standard InChI is InChI=1S/C29H27ClN4O5/c1-15(2)39-20-13-21(38-4)25-27-23(20)28-32-24(16-7-11-19(37-3)12-8-16)26(17-5-9-18(30)10-6-17)34(28)29(36)33(27)14-22(35)31-25/h5-13,15,24,26H,14H2,1-4H3,(H,31,35). The molecule has 200 valence electrons. The average Bonchev–Trinajstić information content (AvgIpc) is 3.32. The number of carbonyl (C=O) groups is 2. The number of hydrogen-bond donors (Lipinski definition) is 1. The first-order valence-corrected chi connectivity index (χ1v) is 13.0. The molecule has 3 aromatic carbocycles. The molecule has 1 N–H and O–H groups in total. The zero-order valence-electron chi connectivity index (χ0n) is 21.9. The number of nitrogens with one attached hydrogen (secondary N) is 1. The van der Waals surface area contributed by atoms with Crippen molar-refractivity contribution in [2.75, 3.05) is 31.0 Å². The smallest absolute Gasteiger partial charge is 0.331 e. The number of fused-ring (bicyclic) bond motifs is 2. The highest BCUT2D eigenvalue weighted by Gasteiger charge is 2.51. The molecule has 3 amide bonds. The molecule has 0 aromatic heterocycles. The molecule has 2 unspecified atom stereocenters. The van der Waals surface area contributed by atoms with Gasteiger partial charge in [-0.05, 0) is 49.2 Å². The first-order chi connectivity index (χ1) is 18.8. The molecule has 0 aliphatic carbocycles. The molecule has 0 saturated heterocycles. The number of nitrogens with zero attached hydrogens (tertiary/aromatic N) is 3. The molecule has 2 atom stereocenters. The molecule has 6 rings (SSSR count). The summed E-state index contributed by atoms with van der Waals surface area (Å²) in [6.45, 7) is 3.71. The summed E-state index contributed by atoms with van der Waals surface area (Å²) in [6, 6.07) is 15.5. The van der Waals surface area contributed by atoms with Crippen molar-refractivity contribution >= 4 is 40.7 Å². The van der Waals surface area contributed by atoms with E-state index in [-0.39, 0.29) is 24.6 Å². The summed E-state index contributed by atoms with van der Waals surface area (Å²) >= 11 is 6.22. The highest BCUT2D eigenvalue weighted by Crippen LogP contribution is 2.54. The van der Waals surface area contributed by atoms with Gasteiger partial charge in [0.25, 0.3) is 0 Å². The number of urea groups is 1. The Kier molecular flexibility index (Phi) is 6.10. The van der Waals surface area contributed by atoms with Gasteiger partial charge in [0.2, 0.25) is 5.91 Å². The van der Waals surface area contributed by atoms with Crippen LogP contribution < -0.4 is 24.4 Å². The van der Waals surface area contributed by atoms with E-state index in [1.165, 1.54) is 12.0 Å². The SMILES string of the molecule is COc1ccc(C2N=C3c4c(OC(C)C)cc(OC)c5c4N(CC(=O)N5)C(=O)N3C2c2ccc(Cl)cc2)cc1. The lowest BCUT2D eigenvalue weighted by Crippen LogP contribution is -2.55. The number of amides is 3. The lowest BCUT2D eigenvalue weighted by atomic mass is 9.93. The van der Waals surface area contributed by atoms with E-state index < -0.39 is 12.1 Å². The number of hydrogen-bond acceptors (Lipinski definition) is 6. The van der Waals surface area contributed by atoms with E-state index in [4.69, 9.17) is 30.8 Å². The van der Waals surface area contributed by atoms with Crippen LogP contribution in [0.25, 0.3) is 0 Å². The highest BCUT2D eigenvalue weighted by atomic mass is 35.5. The largest absolute Gasteiger partial charge is 0.497 e. The Balaban J connectivity index is 1.61. The van der Waals surface area contributed by atoms with Gasteiger partial charge in [-0.2, -0.15) is 0 Å². The molecule has 0 spiro atoms. The van der Waals surface area contributed by atoms with Crippen LogP contribution >= 0.6 is 11.6 Å². The van der Waals surface area contributed by atoms with Crippen molar-refractivity contribution < 1.29 is 23.8 Å². The highest BCUT2D eigenvalue weighted by molar-refractivity contribution is 6.30. The van der Waals surface area contributed by atoms with Crippen LogP contribution in [0.5, 0.6) is 17.2 Å². The Morgan fingerprint density at radius 2 is 1.67 bits per heavy atom. The molecule has 0 radical (unpaired) electrons. The molecule has 9 nitrogen and oxygen atoms in total. The molecule has 0 saturated carbocycles. The molecule has 3 heterocycles. The fraction of sp³-hybridized carbons (Fsp3) is 0.276. The zero-order chi connectivity index (χ0) is 27.4. The lowest BCUT2D eigenvalue weighted by Gasteiger charge is -2.42. The normalized spacial score (nSPS) is 19.4. The molecule has 0 fully saturated rings. The van der Waals surface area contributed by atoms with Crippen LogP contribution in [0.15, 0.2) is 59.6 Å². The second-order valence-corrected chi connectivity index (χ2v) is 10.2. The van der Waals surface area contributed by atoms with E-state index in [2.05, 4.69) is 5.32 Å². The van der Waals surface area contributed by atoms with E-state index in [9.17, 15) is 9.59 Å². The molecule has 3 aliphatic rings. The summed E-state index contributed by atoms with van der Waals surface area (Å²) in [5.41, 5.74) is 3.34. The van der Waals surface area contributed by atoms with Gasteiger partial charge in [0, 0.05) is 11.1 Å². The van der Waals surface area contributed by atoms with Gasteiger partial charge in [0.1, 0.15) is 41.4 Å². The number of aliphatic imine (C=N–C) groups is 1. The number of methoxy groups -OCH3 is 2. The molecule has 0 bridgehead atoms. The summed E-state index contributed by atoms with van der Waals surface area (Å²) in [5, 5.41) is 3.48. The molecular formula is C29H27ClN4O5. The Bertz CT molecular complexity index is 1500. The quantitative estimate of drug-likeness (QED) is 0.435. The summed E-state index contributed by atoms with van der Waals surface area (Å²) in [7, 11) is 3.13. The third kappa shape index (κ3) is 4.04. The number of carbonyl (C=O) groups excluding carboxylic acids is 2. The van der Waals surface area contributed by atoms with Crippen molar-refractivity contribution in [1.29, 1.82) is 0 Å². The van der Waals surface area contributed by atoms with Crippen LogP contribution in [-0.4, -0.2) is 49.5 Å². The second kappa shape index (κ2) is 9.50. The summed E-state index contributed by atoms with van der Waals surface area (Å²) in [5.74, 6) is 1.80. The zero-order valence-corrected chi connectivity index (χ0v) is 22.7. The van der Waals surface area contributed by atoms with Crippen molar-refractivity contribution in [1.82, 2.24) is 4.90 Å². The topological polar surface area (TPSA) is 92.7 Å². The van der Waals surface area contributed by atoms with Crippen molar-refractivity contribution in [3.63, 3.8) is 0 Å². The van der Waals surface area contributed by atoms with Crippen LogP contribution in [-0.2, 0) is 4.79 Å². The first kappa shape index (κ1) is 25.1. The fourth-order valence-corrected chi connectivity index (χ4v) is 5.54. The first-order valence-electron chi connectivity index (χ1n) is 12.6. The minimum atomic E-state index is -0.492. The fourth-order valence-electron chi connectivity index (χ4n) is 5.41. The Morgan fingerprint density at radius 3 is 2.31 bits per heavy atom.